The van der Waals surface area contributed by atoms with Crippen molar-refractivity contribution in [3.8, 4) is 0 Å². The van der Waals surface area contributed by atoms with Gasteiger partial charge in [-0.2, -0.15) is 0 Å². The molecule has 1 aliphatic rings. The maximum atomic E-state index is 11.8. The van der Waals surface area contributed by atoms with Gasteiger partial charge in [0.05, 0.1) is 39.1 Å². The van der Waals surface area contributed by atoms with Crippen molar-refractivity contribution in [3.63, 3.8) is 0 Å². The fourth-order valence-electron chi connectivity index (χ4n) is 4.33. The number of amides is 1. The Kier molecular flexibility index (Phi) is 9.43. The quantitative estimate of drug-likeness (QED) is 0.423. The lowest BCUT2D eigenvalue weighted by molar-refractivity contribution is -0.220. The average Bonchev–Trinajstić information content (AvgIpc) is 2.89. The molecule has 0 aromatic heterocycles. The number of nitrogens with two attached hydrogens (primary N) is 1. The normalized spacial score (nSPS) is 22.1. The van der Waals surface area contributed by atoms with E-state index in [1.807, 2.05) is 91.0 Å². The maximum Gasteiger partial charge on any atom is 0.217 e. The van der Waals surface area contributed by atoms with E-state index in [2.05, 4.69) is 0 Å². The highest BCUT2D eigenvalue weighted by atomic mass is 16.6. The van der Waals surface area contributed by atoms with E-state index in [0.29, 0.717) is 33.0 Å². The van der Waals surface area contributed by atoms with E-state index in [1.165, 1.54) is 0 Å². The first kappa shape index (κ1) is 25.1. The zero-order valence-electron chi connectivity index (χ0n) is 19.8. The largest absolute Gasteiger partial charge is 0.374 e. The van der Waals surface area contributed by atoms with Crippen LogP contribution in [0.4, 0.5) is 0 Å². The third-order valence-corrected chi connectivity index (χ3v) is 6.11. The monoisotopic (exact) mass is 475 g/mol. The molecule has 6 nitrogen and oxygen atoms in total. The Hall–Kier alpha value is -3.03. The van der Waals surface area contributed by atoms with Crippen LogP contribution in [0.2, 0.25) is 0 Å². The molecule has 3 aromatic rings. The molecule has 0 saturated carbocycles. The Balaban J connectivity index is 1.49. The molecule has 6 heteroatoms. The summed E-state index contributed by atoms with van der Waals surface area (Å²) < 4.78 is 25.0. The molecule has 2 N–H and O–H groups in total. The summed E-state index contributed by atoms with van der Waals surface area (Å²) in [7, 11) is 0. The van der Waals surface area contributed by atoms with Gasteiger partial charge in [0.25, 0.3) is 0 Å². The van der Waals surface area contributed by atoms with E-state index < -0.39 is 6.10 Å². The summed E-state index contributed by atoms with van der Waals surface area (Å²) in [5, 5.41) is 0. The van der Waals surface area contributed by atoms with Gasteiger partial charge >= 0.3 is 0 Å². The first-order valence-corrected chi connectivity index (χ1v) is 12.0. The highest BCUT2D eigenvalue weighted by molar-refractivity contribution is 5.74. The smallest absolute Gasteiger partial charge is 0.217 e. The minimum absolute atomic E-state index is 0.169. The second kappa shape index (κ2) is 13.2. The first-order chi connectivity index (χ1) is 17.2. The van der Waals surface area contributed by atoms with E-state index in [0.717, 1.165) is 16.7 Å². The third kappa shape index (κ3) is 7.73. The lowest BCUT2D eigenvalue weighted by atomic mass is 9.89. The summed E-state index contributed by atoms with van der Waals surface area (Å²) in [5.41, 5.74) is 8.76. The molecule has 1 fully saturated rings. The number of carbonyl (C=O) groups is 1. The Morgan fingerprint density at radius 3 is 1.74 bits per heavy atom. The number of primary amides is 1. The average molecular weight is 476 g/mol. The summed E-state index contributed by atoms with van der Waals surface area (Å²) >= 11 is 0. The van der Waals surface area contributed by atoms with Gasteiger partial charge in [0.1, 0.15) is 12.2 Å². The van der Waals surface area contributed by atoms with Gasteiger partial charge in [-0.1, -0.05) is 91.0 Å². The van der Waals surface area contributed by atoms with Crippen molar-refractivity contribution in [1.29, 1.82) is 0 Å². The SMILES string of the molecule is NC(=O)C[C@@H]1CO[C@H](COCc2ccccc2)[C@H](OCc2ccccc2)[C@@H]1OCc1ccccc1. The predicted molar refractivity (Wildman–Crippen MR) is 133 cm³/mol. The molecule has 0 unspecified atom stereocenters. The molecule has 184 valence electrons. The van der Waals surface area contributed by atoms with Crippen molar-refractivity contribution < 1.29 is 23.7 Å². The fourth-order valence-corrected chi connectivity index (χ4v) is 4.33. The van der Waals surface area contributed by atoms with Crippen LogP contribution in [-0.2, 0) is 43.6 Å². The Morgan fingerprint density at radius 1 is 0.743 bits per heavy atom. The van der Waals surface area contributed by atoms with Crippen LogP contribution < -0.4 is 5.73 Å². The third-order valence-electron chi connectivity index (χ3n) is 6.11. The summed E-state index contributed by atoms with van der Waals surface area (Å²) in [4.78, 5) is 11.8. The van der Waals surface area contributed by atoms with Crippen molar-refractivity contribution in [2.45, 2.75) is 44.6 Å². The molecule has 1 heterocycles. The van der Waals surface area contributed by atoms with E-state index >= 15 is 0 Å². The summed E-state index contributed by atoms with van der Waals surface area (Å²) in [6.07, 6.45) is -0.965. The van der Waals surface area contributed by atoms with Gasteiger partial charge in [0.2, 0.25) is 5.91 Å². The van der Waals surface area contributed by atoms with E-state index in [4.69, 9.17) is 24.7 Å². The minimum atomic E-state index is -0.423. The number of carbonyl (C=O) groups excluding carboxylic acids is 1. The van der Waals surface area contributed by atoms with Gasteiger partial charge < -0.3 is 24.7 Å². The second-order valence-electron chi connectivity index (χ2n) is 8.83. The van der Waals surface area contributed by atoms with E-state index in [9.17, 15) is 4.79 Å². The Labute approximate surface area is 207 Å². The predicted octanol–water partition coefficient (Wildman–Crippen LogP) is 4.26. The number of benzene rings is 3. The molecule has 1 amide bonds. The number of ether oxygens (including phenoxy) is 4. The minimum Gasteiger partial charge on any atom is -0.374 e. The van der Waals surface area contributed by atoms with Crippen molar-refractivity contribution >= 4 is 5.91 Å². The van der Waals surface area contributed by atoms with Gasteiger partial charge in [0.15, 0.2) is 0 Å². The fraction of sp³-hybridized carbons (Fsp3) is 0.345. The lowest BCUT2D eigenvalue weighted by Gasteiger charge is -2.42. The zero-order chi connectivity index (χ0) is 24.3. The number of hydrogen-bond donors (Lipinski definition) is 1. The van der Waals surface area contributed by atoms with Gasteiger partial charge in [-0.05, 0) is 16.7 Å². The highest BCUT2D eigenvalue weighted by Gasteiger charge is 2.42. The van der Waals surface area contributed by atoms with Crippen LogP contribution in [0.15, 0.2) is 91.0 Å². The molecule has 4 atom stereocenters. The summed E-state index contributed by atoms with van der Waals surface area (Å²) in [6.45, 7) is 1.99. The molecule has 4 rings (SSSR count). The van der Waals surface area contributed by atoms with Gasteiger partial charge in [-0.25, -0.2) is 0 Å². The lowest BCUT2D eigenvalue weighted by Crippen LogP contribution is -2.54. The van der Waals surface area contributed by atoms with Crippen molar-refractivity contribution in [2.75, 3.05) is 13.2 Å². The molecule has 35 heavy (non-hydrogen) atoms. The molecule has 1 saturated heterocycles. The van der Waals surface area contributed by atoms with Crippen LogP contribution in [0.3, 0.4) is 0 Å². The van der Waals surface area contributed by atoms with Crippen molar-refractivity contribution in [1.82, 2.24) is 0 Å². The molecule has 1 aliphatic heterocycles. The number of rotatable bonds is 12. The molecular weight excluding hydrogens is 442 g/mol. The van der Waals surface area contributed by atoms with Gasteiger partial charge in [-0.15, -0.1) is 0 Å². The Bertz CT molecular complexity index is 1020. The molecule has 0 aliphatic carbocycles. The first-order valence-electron chi connectivity index (χ1n) is 12.0. The number of hydrogen-bond acceptors (Lipinski definition) is 5. The molecule has 0 spiro atoms. The van der Waals surface area contributed by atoms with E-state index in [1.54, 1.807) is 0 Å². The standard InChI is InChI=1S/C29H33NO5/c30-27(31)16-25-20-33-26(21-32-17-22-10-4-1-5-11-22)29(35-19-24-14-8-3-9-15-24)28(25)34-18-23-12-6-2-7-13-23/h1-15,25-26,28-29H,16-21H2,(H2,30,31)/t25-,26-,28-,29+/m1/s1. The van der Waals surface area contributed by atoms with Crippen LogP contribution in [0.25, 0.3) is 0 Å². The zero-order valence-corrected chi connectivity index (χ0v) is 19.8. The molecule has 0 radical (unpaired) electrons. The Morgan fingerprint density at radius 2 is 1.23 bits per heavy atom. The van der Waals surface area contributed by atoms with Gasteiger partial charge in [-0.3, -0.25) is 4.79 Å². The summed E-state index contributed by atoms with van der Waals surface area (Å²) in [6, 6.07) is 30.0. The van der Waals surface area contributed by atoms with Crippen LogP contribution >= 0.6 is 0 Å². The van der Waals surface area contributed by atoms with Crippen LogP contribution in [0, 0.1) is 5.92 Å². The molecular formula is C29H33NO5. The van der Waals surface area contributed by atoms with Crippen LogP contribution in [-0.4, -0.2) is 37.4 Å². The molecule has 3 aromatic carbocycles. The van der Waals surface area contributed by atoms with Crippen molar-refractivity contribution in [3.05, 3.63) is 108 Å². The summed E-state index contributed by atoms with van der Waals surface area (Å²) in [5.74, 6) is -0.588. The highest BCUT2D eigenvalue weighted by Crippen LogP contribution is 2.30. The maximum absolute atomic E-state index is 11.8. The van der Waals surface area contributed by atoms with Gasteiger partial charge in [0, 0.05) is 12.3 Å². The van der Waals surface area contributed by atoms with Crippen LogP contribution in [0.5, 0.6) is 0 Å². The van der Waals surface area contributed by atoms with Crippen molar-refractivity contribution in [2.24, 2.45) is 11.7 Å². The van der Waals surface area contributed by atoms with Crippen LogP contribution in [0.1, 0.15) is 23.1 Å². The molecule has 0 bridgehead atoms. The topological polar surface area (TPSA) is 80.0 Å². The second-order valence-corrected chi connectivity index (χ2v) is 8.83. The van der Waals surface area contributed by atoms with E-state index in [-0.39, 0.29) is 30.5 Å².